The molecule has 0 saturated carbocycles. The van der Waals surface area contributed by atoms with Crippen LogP contribution in [0.4, 0.5) is 17.6 Å². The van der Waals surface area contributed by atoms with Gasteiger partial charge in [-0.1, -0.05) is 0 Å². The van der Waals surface area contributed by atoms with E-state index in [1.807, 2.05) is 0 Å². The van der Waals surface area contributed by atoms with Crippen molar-refractivity contribution in [3.05, 3.63) is 9.88 Å². The van der Waals surface area contributed by atoms with E-state index in [2.05, 4.69) is 4.98 Å². The molecule has 1 unspecified atom stereocenters. The molecule has 74 valence electrons. The number of hydrogen-bond donors (Lipinski definition) is 1. The van der Waals surface area contributed by atoms with E-state index in [1.165, 1.54) is 6.92 Å². The molecule has 0 aromatic carbocycles. The number of thiazole rings is 1. The monoisotopic (exact) mass is 215 g/mol. The summed E-state index contributed by atoms with van der Waals surface area (Å²) in [5.74, 6) is -0.549. The first-order valence-corrected chi connectivity index (χ1v) is 4.01. The lowest BCUT2D eigenvalue weighted by Crippen LogP contribution is -2.16. The van der Waals surface area contributed by atoms with Crippen LogP contribution in [0.15, 0.2) is 0 Å². The Kier molecular flexibility index (Phi) is 2.47. The summed E-state index contributed by atoms with van der Waals surface area (Å²) in [4.78, 5) is 3.22. The molecule has 0 aliphatic carbocycles. The number of aromatic nitrogens is 1. The van der Waals surface area contributed by atoms with Crippen LogP contribution in [0.3, 0.4) is 0 Å². The number of alkyl halides is 4. The van der Waals surface area contributed by atoms with Crippen LogP contribution in [0.1, 0.15) is 16.1 Å². The van der Waals surface area contributed by atoms with E-state index in [9.17, 15) is 17.6 Å². The summed E-state index contributed by atoms with van der Waals surface area (Å²) < 4.78 is 47.9. The molecule has 1 aromatic heterocycles. The van der Waals surface area contributed by atoms with Gasteiger partial charge in [-0.25, -0.2) is 9.37 Å². The Labute approximate surface area is 74.8 Å². The second-order valence-electron chi connectivity index (χ2n) is 2.34. The van der Waals surface area contributed by atoms with E-state index >= 15 is 0 Å². The topological polar surface area (TPSA) is 33.1 Å². The lowest BCUT2D eigenvalue weighted by molar-refractivity contribution is -0.182. The summed E-state index contributed by atoms with van der Waals surface area (Å²) in [6.45, 7) is 1.36. The molecule has 7 heteroatoms. The lowest BCUT2D eigenvalue weighted by Gasteiger charge is -2.08. The van der Waals surface area contributed by atoms with Crippen LogP contribution in [-0.4, -0.2) is 16.3 Å². The average Bonchev–Trinajstić information content (AvgIpc) is 2.29. The molecule has 0 amide bonds. The molecule has 0 radical (unpaired) electrons. The van der Waals surface area contributed by atoms with E-state index < -0.39 is 23.2 Å². The smallest absolute Gasteiger partial charge is 0.426 e. The number of aromatic hydroxyl groups is 1. The number of halogens is 4. The van der Waals surface area contributed by atoms with Crippen molar-refractivity contribution in [2.24, 2.45) is 0 Å². The van der Waals surface area contributed by atoms with E-state index in [1.54, 1.807) is 0 Å². The van der Waals surface area contributed by atoms with Crippen LogP contribution in [0.2, 0.25) is 0 Å². The van der Waals surface area contributed by atoms with Crippen LogP contribution in [0.5, 0.6) is 5.88 Å². The third-order valence-electron chi connectivity index (χ3n) is 1.29. The van der Waals surface area contributed by atoms with Crippen LogP contribution in [0.25, 0.3) is 0 Å². The summed E-state index contributed by atoms with van der Waals surface area (Å²) >= 11 is 0.493. The van der Waals surface area contributed by atoms with Gasteiger partial charge in [0.25, 0.3) is 0 Å². The van der Waals surface area contributed by atoms with Crippen molar-refractivity contribution in [3.63, 3.8) is 0 Å². The fourth-order valence-electron chi connectivity index (χ4n) is 0.657. The summed E-state index contributed by atoms with van der Waals surface area (Å²) in [5.41, 5.74) is 0. The van der Waals surface area contributed by atoms with E-state index in [-0.39, 0.29) is 4.88 Å². The van der Waals surface area contributed by atoms with E-state index in [0.29, 0.717) is 11.3 Å². The van der Waals surface area contributed by atoms with Gasteiger partial charge in [-0.15, -0.1) is 11.3 Å². The fraction of sp³-hybridized carbons (Fsp3) is 0.500. The molecule has 13 heavy (non-hydrogen) atoms. The SMILES string of the molecule is Cc1sc(C(F)C(F)(F)F)nc1O. The maximum atomic E-state index is 12.5. The fourth-order valence-corrected chi connectivity index (χ4v) is 1.48. The number of rotatable bonds is 1. The first-order chi connectivity index (χ1) is 5.82. The molecule has 0 spiro atoms. The highest BCUT2D eigenvalue weighted by Crippen LogP contribution is 2.39. The zero-order valence-electron chi connectivity index (χ0n) is 6.39. The van der Waals surface area contributed by atoms with Crippen molar-refractivity contribution in [3.8, 4) is 5.88 Å². The third kappa shape index (κ3) is 2.09. The largest absolute Gasteiger partial charge is 0.492 e. The minimum absolute atomic E-state index is 0.168. The molecule has 1 aromatic rings. The summed E-state index contributed by atoms with van der Waals surface area (Å²) in [6, 6.07) is 0. The van der Waals surface area contributed by atoms with E-state index in [0.717, 1.165) is 0 Å². The highest BCUT2D eigenvalue weighted by atomic mass is 32.1. The normalized spacial score (nSPS) is 14.5. The van der Waals surface area contributed by atoms with Crippen LogP contribution in [0, 0.1) is 6.92 Å². The highest BCUT2D eigenvalue weighted by molar-refractivity contribution is 7.11. The van der Waals surface area contributed by atoms with Crippen LogP contribution in [-0.2, 0) is 0 Å². The number of nitrogens with zero attached hydrogens (tertiary/aromatic N) is 1. The molecule has 1 N–H and O–H groups in total. The Morgan fingerprint density at radius 1 is 1.46 bits per heavy atom. The lowest BCUT2D eigenvalue weighted by atomic mass is 10.4. The quantitative estimate of drug-likeness (QED) is 0.730. The zero-order chi connectivity index (χ0) is 10.2. The molecule has 0 saturated heterocycles. The standard InChI is InChI=1S/C6H5F4NOS/c1-2-4(12)11-5(13-2)3(7)6(8,9)10/h3,12H,1H3. The third-order valence-corrected chi connectivity index (χ3v) is 2.29. The predicted molar refractivity (Wildman–Crippen MR) is 38.4 cm³/mol. The molecule has 1 atom stereocenters. The second-order valence-corrected chi connectivity index (χ2v) is 3.57. The molecular weight excluding hydrogens is 210 g/mol. The summed E-state index contributed by atoms with van der Waals surface area (Å²) in [7, 11) is 0. The van der Waals surface area contributed by atoms with Crippen molar-refractivity contribution < 1.29 is 22.7 Å². The van der Waals surface area contributed by atoms with Crippen molar-refractivity contribution in [2.75, 3.05) is 0 Å². The zero-order valence-corrected chi connectivity index (χ0v) is 7.21. The Bertz CT molecular complexity index is 289. The molecular formula is C6H5F4NOS. The van der Waals surface area contributed by atoms with Gasteiger partial charge in [0.15, 0.2) is 0 Å². The molecule has 2 nitrogen and oxygen atoms in total. The summed E-state index contributed by atoms with van der Waals surface area (Å²) in [5, 5.41) is 8.06. The maximum Gasteiger partial charge on any atom is 0.426 e. The van der Waals surface area contributed by atoms with E-state index in [4.69, 9.17) is 5.11 Å². The van der Waals surface area contributed by atoms with Crippen molar-refractivity contribution in [2.45, 2.75) is 19.3 Å². The molecule has 0 aliphatic rings. The first-order valence-electron chi connectivity index (χ1n) is 3.19. The minimum atomic E-state index is -4.96. The second kappa shape index (κ2) is 3.13. The Morgan fingerprint density at radius 2 is 2.00 bits per heavy atom. The van der Waals surface area contributed by atoms with Crippen molar-refractivity contribution in [1.82, 2.24) is 4.98 Å². The van der Waals surface area contributed by atoms with Gasteiger partial charge in [0.05, 0.1) is 4.88 Å². The minimum Gasteiger partial charge on any atom is -0.492 e. The average molecular weight is 215 g/mol. The highest BCUT2D eigenvalue weighted by Gasteiger charge is 2.43. The van der Waals surface area contributed by atoms with Gasteiger partial charge in [0.2, 0.25) is 12.1 Å². The molecule has 0 fully saturated rings. The van der Waals surface area contributed by atoms with Gasteiger partial charge in [0.1, 0.15) is 5.01 Å². The number of hydrogen-bond acceptors (Lipinski definition) is 3. The van der Waals surface area contributed by atoms with Gasteiger partial charge < -0.3 is 5.11 Å². The summed E-state index contributed by atoms with van der Waals surface area (Å²) in [6.07, 6.45) is -8.08. The van der Waals surface area contributed by atoms with Gasteiger partial charge in [-0.2, -0.15) is 13.2 Å². The van der Waals surface area contributed by atoms with Gasteiger partial charge in [0, 0.05) is 0 Å². The molecule has 1 heterocycles. The molecule has 0 aliphatic heterocycles. The molecule has 0 bridgehead atoms. The Morgan fingerprint density at radius 3 is 2.31 bits per heavy atom. The molecule has 1 rings (SSSR count). The maximum absolute atomic E-state index is 12.5. The van der Waals surface area contributed by atoms with Gasteiger partial charge >= 0.3 is 6.18 Å². The van der Waals surface area contributed by atoms with Crippen molar-refractivity contribution >= 4 is 11.3 Å². The van der Waals surface area contributed by atoms with Crippen molar-refractivity contribution in [1.29, 1.82) is 0 Å². The van der Waals surface area contributed by atoms with Gasteiger partial charge in [-0.3, -0.25) is 0 Å². The predicted octanol–water partition coefficient (Wildman–Crippen LogP) is 2.73. The first kappa shape index (κ1) is 10.2. The Hall–Kier alpha value is -0.850. The van der Waals surface area contributed by atoms with Gasteiger partial charge in [-0.05, 0) is 6.92 Å². The number of aryl methyl sites for hydroxylation is 1. The van der Waals surface area contributed by atoms with Crippen LogP contribution < -0.4 is 0 Å². The van der Waals surface area contributed by atoms with Crippen LogP contribution >= 0.6 is 11.3 Å². The Balaban J connectivity index is 2.96.